The number of halogens is 1. The molecule has 0 unspecified atom stereocenters. The Labute approximate surface area is 149 Å². The van der Waals surface area contributed by atoms with Crippen LogP contribution in [0.25, 0.3) is 0 Å². The van der Waals surface area contributed by atoms with Gasteiger partial charge in [-0.25, -0.2) is 13.0 Å². The first kappa shape index (κ1) is 18.9. The van der Waals surface area contributed by atoms with Crippen LogP contribution in [0.15, 0.2) is 53.3 Å². The van der Waals surface area contributed by atoms with E-state index in [4.69, 9.17) is 4.74 Å². The molecule has 0 amide bonds. The van der Waals surface area contributed by atoms with Gasteiger partial charge in [0.05, 0.1) is 10.1 Å². The molecule has 130 valence electrons. The summed E-state index contributed by atoms with van der Waals surface area (Å²) >= 11 is 3.34. The van der Waals surface area contributed by atoms with Gasteiger partial charge in [-0.3, -0.25) is 0 Å². The standard InChI is InChI=1S/C16H18BrNO5S/c17-14-1-3-16(4-2-14)23-12-15(19)11-18-8-5-13(6-9-18)7-10-24(20,21)22/h1-6,8-9,15,19H,7,10-12H2/t15-/m0/s1. The number of aryl methyl sites for hydroxylation is 1. The van der Waals surface area contributed by atoms with E-state index in [0.29, 0.717) is 12.3 Å². The normalized spacial score (nSPS) is 12.8. The van der Waals surface area contributed by atoms with Gasteiger partial charge in [0.15, 0.2) is 18.9 Å². The minimum absolute atomic E-state index is 0.158. The summed E-state index contributed by atoms with van der Waals surface area (Å²) in [5.41, 5.74) is 0.756. The maximum atomic E-state index is 10.6. The van der Waals surface area contributed by atoms with Crippen LogP contribution in [-0.4, -0.2) is 36.5 Å². The maximum absolute atomic E-state index is 10.6. The fourth-order valence-corrected chi connectivity index (χ4v) is 2.79. The topological polar surface area (TPSA) is 90.5 Å². The van der Waals surface area contributed by atoms with E-state index < -0.39 is 22.0 Å². The zero-order chi connectivity index (χ0) is 17.6. The number of ether oxygens (including phenoxy) is 1. The summed E-state index contributed by atoms with van der Waals surface area (Å²) in [5.74, 6) is 0.261. The summed E-state index contributed by atoms with van der Waals surface area (Å²) in [7, 11) is -4.20. The molecule has 2 aromatic rings. The second-order valence-electron chi connectivity index (χ2n) is 5.33. The zero-order valence-electron chi connectivity index (χ0n) is 12.8. The van der Waals surface area contributed by atoms with Crippen LogP contribution in [0.2, 0.25) is 0 Å². The lowest BCUT2D eigenvalue weighted by Gasteiger charge is -2.10. The number of benzene rings is 1. The SMILES string of the molecule is O=S(=O)([O-])CCc1cc[n+](C[C@H](O)COc2ccc(Br)cc2)cc1. The van der Waals surface area contributed by atoms with Crippen molar-refractivity contribution in [2.75, 3.05) is 12.4 Å². The molecule has 1 heterocycles. The summed E-state index contributed by atoms with van der Waals surface area (Å²) < 4.78 is 40.1. The van der Waals surface area contributed by atoms with Gasteiger partial charge in [0.25, 0.3) is 0 Å². The minimum atomic E-state index is -4.20. The molecule has 0 aliphatic rings. The van der Waals surface area contributed by atoms with E-state index in [1.54, 1.807) is 29.1 Å². The van der Waals surface area contributed by atoms with E-state index in [1.807, 2.05) is 24.3 Å². The largest absolute Gasteiger partial charge is 0.748 e. The molecule has 0 radical (unpaired) electrons. The Hall–Kier alpha value is -1.48. The van der Waals surface area contributed by atoms with E-state index in [0.717, 1.165) is 10.0 Å². The molecule has 0 aliphatic heterocycles. The number of rotatable bonds is 8. The van der Waals surface area contributed by atoms with Crippen LogP contribution in [0.4, 0.5) is 0 Å². The van der Waals surface area contributed by atoms with Crippen molar-refractivity contribution in [2.24, 2.45) is 0 Å². The Bertz CT molecular complexity index is 747. The van der Waals surface area contributed by atoms with Gasteiger partial charge in [-0.2, -0.15) is 0 Å². The van der Waals surface area contributed by atoms with Gasteiger partial charge < -0.3 is 14.4 Å². The third-order valence-electron chi connectivity index (χ3n) is 3.28. The van der Waals surface area contributed by atoms with Crippen molar-refractivity contribution < 1.29 is 27.4 Å². The molecule has 24 heavy (non-hydrogen) atoms. The molecule has 8 heteroatoms. The van der Waals surface area contributed by atoms with Crippen LogP contribution >= 0.6 is 15.9 Å². The Morgan fingerprint density at radius 3 is 2.38 bits per heavy atom. The highest BCUT2D eigenvalue weighted by atomic mass is 79.9. The van der Waals surface area contributed by atoms with Gasteiger partial charge in [-0.1, -0.05) is 15.9 Å². The number of pyridine rings is 1. The van der Waals surface area contributed by atoms with E-state index in [-0.39, 0.29) is 13.0 Å². The molecule has 1 aromatic heterocycles. The van der Waals surface area contributed by atoms with Crippen LogP contribution in [0.1, 0.15) is 5.56 Å². The smallest absolute Gasteiger partial charge is 0.177 e. The first-order chi connectivity index (χ1) is 11.3. The highest BCUT2D eigenvalue weighted by Crippen LogP contribution is 2.16. The van der Waals surface area contributed by atoms with Gasteiger partial charge >= 0.3 is 0 Å². The second-order valence-corrected chi connectivity index (χ2v) is 7.77. The third-order valence-corrected chi connectivity index (χ3v) is 4.51. The van der Waals surface area contributed by atoms with Gasteiger partial charge in [-0.15, -0.1) is 0 Å². The van der Waals surface area contributed by atoms with Gasteiger partial charge in [0.1, 0.15) is 18.5 Å². The lowest BCUT2D eigenvalue weighted by molar-refractivity contribution is -0.703. The van der Waals surface area contributed by atoms with Crippen LogP contribution in [0, 0.1) is 0 Å². The molecular formula is C16H18BrNO5S. The van der Waals surface area contributed by atoms with Gasteiger partial charge in [-0.05, 0) is 36.2 Å². The summed E-state index contributed by atoms with van der Waals surface area (Å²) in [6, 6.07) is 10.8. The van der Waals surface area contributed by atoms with Crippen molar-refractivity contribution in [1.82, 2.24) is 0 Å². The first-order valence-corrected chi connectivity index (χ1v) is 9.67. The summed E-state index contributed by atoms with van der Waals surface area (Å²) in [6.45, 7) is 0.501. The quantitative estimate of drug-likeness (QED) is 0.517. The molecule has 0 bridgehead atoms. The van der Waals surface area contributed by atoms with Crippen LogP contribution in [0.5, 0.6) is 5.75 Å². The lowest BCUT2D eigenvalue weighted by atomic mass is 10.2. The highest BCUT2D eigenvalue weighted by Gasteiger charge is 2.12. The van der Waals surface area contributed by atoms with Crippen LogP contribution < -0.4 is 9.30 Å². The molecule has 0 aliphatic carbocycles. The summed E-state index contributed by atoms with van der Waals surface area (Å²) in [5, 5.41) is 10.0. The Balaban J connectivity index is 1.81. The molecule has 0 fully saturated rings. The van der Waals surface area contributed by atoms with Crippen molar-refractivity contribution in [3.8, 4) is 5.75 Å². The summed E-state index contributed by atoms with van der Waals surface area (Å²) in [6.07, 6.45) is 2.96. The highest BCUT2D eigenvalue weighted by molar-refractivity contribution is 9.10. The van der Waals surface area contributed by atoms with Crippen molar-refractivity contribution in [1.29, 1.82) is 0 Å². The van der Waals surface area contributed by atoms with Crippen molar-refractivity contribution in [3.63, 3.8) is 0 Å². The van der Waals surface area contributed by atoms with E-state index >= 15 is 0 Å². The summed E-state index contributed by atoms with van der Waals surface area (Å²) in [4.78, 5) is 0. The molecule has 1 atom stereocenters. The zero-order valence-corrected chi connectivity index (χ0v) is 15.2. The molecule has 6 nitrogen and oxygen atoms in total. The fourth-order valence-electron chi connectivity index (χ4n) is 2.04. The number of aromatic nitrogens is 1. The van der Waals surface area contributed by atoms with E-state index in [2.05, 4.69) is 15.9 Å². The van der Waals surface area contributed by atoms with Crippen LogP contribution in [0.3, 0.4) is 0 Å². The van der Waals surface area contributed by atoms with Crippen molar-refractivity contribution in [2.45, 2.75) is 19.1 Å². The predicted octanol–water partition coefficient (Wildman–Crippen LogP) is 1.26. The molecular weight excluding hydrogens is 398 g/mol. The van der Waals surface area contributed by atoms with Crippen molar-refractivity contribution >= 4 is 26.0 Å². The number of hydrogen-bond acceptors (Lipinski definition) is 5. The molecule has 2 rings (SSSR count). The monoisotopic (exact) mass is 415 g/mol. The van der Waals surface area contributed by atoms with Gasteiger partial charge in [0, 0.05) is 22.4 Å². The average molecular weight is 416 g/mol. The molecule has 1 N–H and O–H groups in total. The average Bonchev–Trinajstić information content (AvgIpc) is 2.53. The van der Waals surface area contributed by atoms with E-state index in [9.17, 15) is 18.1 Å². The third kappa shape index (κ3) is 6.96. The number of aliphatic hydroxyl groups excluding tert-OH is 1. The van der Waals surface area contributed by atoms with Crippen molar-refractivity contribution in [3.05, 3.63) is 58.8 Å². The minimum Gasteiger partial charge on any atom is -0.748 e. The lowest BCUT2D eigenvalue weighted by Crippen LogP contribution is -2.41. The first-order valence-electron chi connectivity index (χ1n) is 7.30. The Morgan fingerprint density at radius 1 is 1.17 bits per heavy atom. The molecule has 0 spiro atoms. The number of nitrogens with zero attached hydrogens (tertiary/aromatic N) is 1. The Kier molecular flexibility index (Phi) is 6.73. The number of aliphatic hydroxyl groups is 1. The molecule has 1 aromatic carbocycles. The van der Waals surface area contributed by atoms with Crippen LogP contribution in [-0.2, 0) is 23.1 Å². The Morgan fingerprint density at radius 2 is 1.79 bits per heavy atom. The predicted molar refractivity (Wildman–Crippen MR) is 90.5 cm³/mol. The molecule has 0 saturated heterocycles. The number of hydrogen-bond donors (Lipinski definition) is 1. The fraction of sp³-hybridized carbons (Fsp3) is 0.312. The van der Waals surface area contributed by atoms with E-state index in [1.165, 1.54) is 0 Å². The maximum Gasteiger partial charge on any atom is 0.177 e. The van der Waals surface area contributed by atoms with Gasteiger partial charge in [0.2, 0.25) is 0 Å². The second kappa shape index (κ2) is 8.57. The molecule has 0 saturated carbocycles.